The molecule has 1 aromatic rings. The second-order valence-electron chi connectivity index (χ2n) is 7.23. The van der Waals surface area contributed by atoms with Gasteiger partial charge in [-0.15, -0.1) is 0 Å². The number of benzene rings is 1. The summed E-state index contributed by atoms with van der Waals surface area (Å²) in [6.45, 7) is 1.96. The van der Waals surface area contributed by atoms with Crippen LogP contribution in [0, 0.1) is 5.92 Å². The summed E-state index contributed by atoms with van der Waals surface area (Å²) in [5, 5.41) is 0.498. The van der Waals surface area contributed by atoms with Crippen molar-refractivity contribution in [3.05, 3.63) is 41.1 Å². The average molecular weight is 397 g/mol. The summed E-state index contributed by atoms with van der Waals surface area (Å²) in [4.78, 5) is 15.1. The molecular weight excluding hydrogens is 372 g/mol. The molecule has 2 aliphatic heterocycles. The van der Waals surface area contributed by atoms with Gasteiger partial charge in [-0.05, 0) is 49.9 Å². The van der Waals surface area contributed by atoms with Crippen molar-refractivity contribution in [1.82, 2.24) is 9.21 Å². The maximum absolute atomic E-state index is 13.4. The van der Waals surface area contributed by atoms with Crippen molar-refractivity contribution in [1.29, 1.82) is 0 Å². The predicted molar refractivity (Wildman–Crippen MR) is 102 cm³/mol. The van der Waals surface area contributed by atoms with E-state index in [0.717, 1.165) is 12.8 Å². The molecule has 0 aliphatic carbocycles. The van der Waals surface area contributed by atoms with Gasteiger partial charge in [0.15, 0.2) is 5.78 Å². The first kappa shape index (κ1) is 19.4. The highest BCUT2D eigenvalue weighted by atomic mass is 35.5. The highest BCUT2D eigenvalue weighted by Gasteiger charge is 2.51. The fourth-order valence-corrected chi connectivity index (χ4v) is 6.20. The zero-order valence-corrected chi connectivity index (χ0v) is 16.9. The Balaban J connectivity index is 2.12. The molecule has 3 unspecified atom stereocenters. The minimum Gasteiger partial charge on any atom is -0.383 e. The number of nitrogens with zero attached hydrogens (tertiary/aromatic N) is 2. The van der Waals surface area contributed by atoms with E-state index in [2.05, 4.69) is 0 Å². The van der Waals surface area contributed by atoms with Gasteiger partial charge in [0.1, 0.15) is 0 Å². The summed E-state index contributed by atoms with van der Waals surface area (Å²) in [6.07, 6.45) is 4.75. The molecule has 2 bridgehead atoms. The zero-order valence-electron chi connectivity index (χ0n) is 15.4. The van der Waals surface area contributed by atoms with Gasteiger partial charge in [0.25, 0.3) is 0 Å². The SMILES string of the molecule is CCC1C(=O)C(=CN(C)C)C2CCCC1N2S(=O)(=O)c1ccc(Cl)cc1. The number of carbonyl (C=O) groups is 1. The number of Topliss-reactive ketones (excluding diaryl/α,β-unsaturated/α-hetero) is 1. The smallest absolute Gasteiger partial charge is 0.243 e. The molecule has 0 saturated carbocycles. The van der Waals surface area contributed by atoms with Crippen LogP contribution in [0.25, 0.3) is 0 Å². The minimum atomic E-state index is -3.71. The molecule has 0 spiro atoms. The molecule has 2 saturated heterocycles. The van der Waals surface area contributed by atoms with Gasteiger partial charge in [-0.25, -0.2) is 8.42 Å². The Hall–Kier alpha value is -1.37. The number of fused-ring (bicyclic) bond motifs is 2. The number of rotatable bonds is 4. The van der Waals surface area contributed by atoms with Crippen LogP contribution in [-0.2, 0) is 14.8 Å². The van der Waals surface area contributed by atoms with Crippen LogP contribution in [0.4, 0.5) is 0 Å². The summed E-state index contributed by atoms with van der Waals surface area (Å²) < 4.78 is 28.5. The summed E-state index contributed by atoms with van der Waals surface area (Å²) in [5.41, 5.74) is 0.607. The van der Waals surface area contributed by atoms with Crippen LogP contribution in [0.1, 0.15) is 32.6 Å². The van der Waals surface area contributed by atoms with E-state index in [9.17, 15) is 13.2 Å². The quantitative estimate of drug-likeness (QED) is 0.732. The van der Waals surface area contributed by atoms with Crippen molar-refractivity contribution in [3.63, 3.8) is 0 Å². The van der Waals surface area contributed by atoms with Crippen molar-refractivity contribution in [2.75, 3.05) is 14.1 Å². The lowest BCUT2D eigenvalue weighted by Crippen LogP contribution is -2.60. The van der Waals surface area contributed by atoms with Gasteiger partial charge < -0.3 is 4.90 Å². The molecule has 1 aromatic carbocycles. The zero-order chi connectivity index (χ0) is 19.1. The number of hydrogen-bond donors (Lipinski definition) is 0. The molecule has 2 aliphatic rings. The second-order valence-corrected chi connectivity index (χ2v) is 9.51. The molecule has 0 amide bonds. The van der Waals surface area contributed by atoms with Gasteiger partial charge in [-0.1, -0.05) is 18.5 Å². The number of sulfonamides is 1. The molecule has 5 nitrogen and oxygen atoms in total. The molecule has 2 fully saturated rings. The normalized spacial score (nSPS) is 28.4. The third-order valence-corrected chi connectivity index (χ3v) is 7.48. The Morgan fingerprint density at radius 3 is 2.46 bits per heavy atom. The van der Waals surface area contributed by atoms with Crippen LogP contribution >= 0.6 is 11.6 Å². The van der Waals surface area contributed by atoms with E-state index in [1.165, 1.54) is 0 Å². The minimum absolute atomic E-state index is 0.0958. The van der Waals surface area contributed by atoms with Crippen LogP contribution in [0.15, 0.2) is 40.9 Å². The fraction of sp³-hybridized carbons (Fsp3) is 0.526. The number of ketones is 1. The first-order valence-electron chi connectivity index (χ1n) is 8.98. The van der Waals surface area contributed by atoms with Crippen LogP contribution in [0.2, 0.25) is 5.02 Å². The van der Waals surface area contributed by atoms with Crippen molar-refractivity contribution in [3.8, 4) is 0 Å². The van der Waals surface area contributed by atoms with Crippen molar-refractivity contribution in [2.45, 2.75) is 49.6 Å². The largest absolute Gasteiger partial charge is 0.383 e. The predicted octanol–water partition coefficient (Wildman–Crippen LogP) is 3.31. The molecule has 2 heterocycles. The van der Waals surface area contributed by atoms with Crippen molar-refractivity contribution >= 4 is 27.4 Å². The third-order valence-electron chi connectivity index (χ3n) is 5.28. The highest BCUT2D eigenvalue weighted by molar-refractivity contribution is 7.89. The third kappa shape index (κ3) is 3.30. The van der Waals surface area contributed by atoms with Gasteiger partial charge in [-0.2, -0.15) is 4.31 Å². The topological polar surface area (TPSA) is 57.7 Å². The van der Waals surface area contributed by atoms with Gasteiger partial charge in [0.05, 0.1) is 10.9 Å². The van der Waals surface area contributed by atoms with E-state index in [1.807, 2.05) is 25.9 Å². The van der Waals surface area contributed by atoms with E-state index in [-0.39, 0.29) is 22.6 Å². The number of piperidine rings is 2. The molecular formula is C19H25ClN2O3S. The maximum Gasteiger partial charge on any atom is 0.243 e. The molecule has 3 rings (SSSR count). The van der Waals surface area contributed by atoms with Crippen molar-refractivity contribution < 1.29 is 13.2 Å². The number of halogens is 1. The van der Waals surface area contributed by atoms with E-state index < -0.39 is 16.1 Å². The Kier molecular flexibility index (Phi) is 5.47. The number of carbonyl (C=O) groups excluding carboxylic acids is 1. The molecule has 142 valence electrons. The van der Waals surface area contributed by atoms with Crippen LogP contribution < -0.4 is 0 Å². The van der Waals surface area contributed by atoms with Crippen LogP contribution in [0.3, 0.4) is 0 Å². The summed E-state index contributed by atoms with van der Waals surface area (Å²) in [5.74, 6) is -0.196. The summed E-state index contributed by atoms with van der Waals surface area (Å²) in [6, 6.07) is 5.60. The average Bonchev–Trinajstić information content (AvgIpc) is 2.59. The highest BCUT2D eigenvalue weighted by Crippen LogP contribution is 2.43. The molecule has 26 heavy (non-hydrogen) atoms. The van der Waals surface area contributed by atoms with E-state index in [1.54, 1.807) is 34.8 Å². The van der Waals surface area contributed by atoms with Gasteiger partial charge in [0, 0.05) is 42.9 Å². The monoisotopic (exact) mass is 396 g/mol. The van der Waals surface area contributed by atoms with Gasteiger partial charge in [0.2, 0.25) is 10.0 Å². The fourth-order valence-electron chi connectivity index (χ4n) is 4.19. The molecule has 0 radical (unpaired) electrons. The first-order valence-corrected chi connectivity index (χ1v) is 10.8. The second kappa shape index (κ2) is 7.33. The van der Waals surface area contributed by atoms with E-state index in [0.29, 0.717) is 23.4 Å². The van der Waals surface area contributed by atoms with Crippen molar-refractivity contribution in [2.24, 2.45) is 5.92 Å². The van der Waals surface area contributed by atoms with Gasteiger partial charge >= 0.3 is 0 Å². The maximum atomic E-state index is 13.4. The lowest BCUT2D eigenvalue weighted by Gasteiger charge is -2.49. The van der Waals surface area contributed by atoms with E-state index >= 15 is 0 Å². The number of hydrogen-bond acceptors (Lipinski definition) is 4. The Labute approximate surface area is 160 Å². The summed E-state index contributed by atoms with van der Waals surface area (Å²) in [7, 11) is 0.000643. The molecule has 3 atom stereocenters. The van der Waals surface area contributed by atoms with E-state index in [4.69, 9.17) is 11.6 Å². The molecule has 0 N–H and O–H groups in total. The lowest BCUT2D eigenvalue weighted by atomic mass is 9.75. The van der Waals surface area contributed by atoms with Gasteiger partial charge in [-0.3, -0.25) is 4.79 Å². The molecule has 0 aromatic heterocycles. The van der Waals surface area contributed by atoms with Crippen LogP contribution in [0.5, 0.6) is 0 Å². The van der Waals surface area contributed by atoms with Crippen LogP contribution in [-0.4, -0.2) is 49.6 Å². The lowest BCUT2D eigenvalue weighted by molar-refractivity contribution is -0.125. The Morgan fingerprint density at radius 2 is 1.88 bits per heavy atom. The molecule has 7 heteroatoms. The summed E-state index contributed by atoms with van der Waals surface area (Å²) >= 11 is 5.92. The first-order chi connectivity index (χ1) is 12.3. The Morgan fingerprint density at radius 1 is 1.23 bits per heavy atom. The standard InChI is InChI=1S/C19H25ClN2O3S/c1-4-15-17-6-5-7-18(16(19(15)23)12-21(2)3)22(17)26(24,25)14-10-8-13(20)9-11-14/h8-12,15,17-18H,4-7H2,1-3H3. The Bertz CT molecular complexity index is 818.